The third-order valence-corrected chi connectivity index (χ3v) is 3.29. The van der Waals surface area contributed by atoms with Gasteiger partial charge in [0.25, 0.3) is 0 Å². The second kappa shape index (κ2) is 5.56. The average molecular weight is 319 g/mol. The first-order valence-electron chi connectivity index (χ1n) is 5.41. The first kappa shape index (κ1) is 15.0. The zero-order valence-corrected chi connectivity index (χ0v) is 11.0. The number of nitrogens with zero attached hydrogens (tertiary/aromatic N) is 2. The Morgan fingerprint density at radius 1 is 1.10 bits per heavy atom. The molecule has 1 N–H and O–H groups in total. The van der Waals surface area contributed by atoms with Gasteiger partial charge in [-0.05, 0) is 24.3 Å². The maximum atomic E-state index is 12.2. The fourth-order valence-corrected chi connectivity index (χ4v) is 1.83. The second-order valence-corrected chi connectivity index (χ2v) is 5.40. The molecule has 2 rings (SSSR count). The van der Waals surface area contributed by atoms with Gasteiger partial charge in [0.2, 0.25) is 5.88 Å². The number of nitrogens with one attached hydrogen (secondary N) is 1. The van der Waals surface area contributed by atoms with Gasteiger partial charge in [0.05, 0.1) is 6.20 Å². The molecule has 1 aromatic carbocycles. The number of ether oxygens (including phenoxy) is 1. The maximum absolute atomic E-state index is 12.2. The molecule has 112 valence electrons. The third kappa shape index (κ3) is 3.81. The Hall–Kier alpha value is -2.36. The minimum atomic E-state index is -5.44. The first-order chi connectivity index (χ1) is 9.78. The van der Waals surface area contributed by atoms with E-state index in [0.717, 1.165) is 12.1 Å². The van der Waals surface area contributed by atoms with Crippen LogP contribution in [0.15, 0.2) is 42.9 Å². The first-order valence-corrected chi connectivity index (χ1v) is 6.89. The van der Waals surface area contributed by atoms with Gasteiger partial charge in [-0.1, -0.05) is 0 Å². The quantitative estimate of drug-likeness (QED) is 0.936. The molecule has 0 amide bonds. The van der Waals surface area contributed by atoms with Gasteiger partial charge in [-0.25, -0.2) is 4.98 Å². The molecule has 0 bridgehead atoms. The van der Waals surface area contributed by atoms with Crippen LogP contribution in [0.4, 0.5) is 18.9 Å². The van der Waals surface area contributed by atoms with Crippen molar-refractivity contribution in [2.24, 2.45) is 0 Å². The standard InChI is InChI=1S/C11H8F3N3O3S/c12-11(13,14)21(18,19)17-8-1-3-9(4-2-8)20-10-7-15-5-6-16-10/h1-7,17H. The molecule has 10 heteroatoms. The van der Waals surface area contributed by atoms with Crippen LogP contribution < -0.4 is 9.46 Å². The Morgan fingerprint density at radius 3 is 2.29 bits per heavy atom. The van der Waals surface area contributed by atoms with Crippen LogP contribution in [0.1, 0.15) is 0 Å². The number of sulfonamides is 1. The van der Waals surface area contributed by atoms with Crippen LogP contribution in [0.5, 0.6) is 11.6 Å². The van der Waals surface area contributed by atoms with Crippen LogP contribution in [0.3, 0.4) is 0 Å². The van der Waals surface area contributed by atoms with Gasteiger partial charge < -0.3 is 4.74 Å². The van der Waals surface area contributed by atoms with Crippen LogP contribution in [-0.4, -0.2) is 23.9 Å². The summed E-state index contributed by atoms with van der Waals surface area (Å²) in [7, 11) is -5.44. The highest BCUT2D eigenvalue weighted by Crippen LogP contribution is 2.27. The lowest BCUT2D eigenvalue weighted by molar-refractivity contribution is -0.0429. The molecule has 0 unspecified atom stereocenters. The molecule has 0 aliphatic heterocycles. The molecule has 0 atom stereocenters. The van der Waals surface area contributed by atoms with E-state index in [9.17, 15) is 21.6 Å². The number of hydrogen-bond donors (Lipinski definition) is 1. The fourth-order valence-electron chi connectivity index (χ4n) is 1.26. The summed E-state index contributed by atoms with van der Waals surface area (Å²) in [6.45, 7) is 0. The summed E-state index contributed by atoms with van der Waals surface area (Å²) in [4.78, 5) is 7.61. The minimum absolute atomic E-state index is 0.195. The molecule has 6 nitrogen and oxygen atoms in total. The molecule has 21 heavy (non-hydrogen) atoms. The van der Waals surface area contributed by atoms with E-state index in [1.807, 2.05) is 0 Å². The summed E-state index contributed by atoms with van der Waals surface area (Å²) < 4.78 is 65.1. The lowest BCUT2D eigenvalue weighted by atomic mass is 10.3. The van der Waals surface area contributed by atoms with Crippen molar-refractivity contribution in [3.8, 4) is 11.6 Å². The van der Waals surface area contributed by atoms with Crippen molar-refractivity contribution in [3.63, 3.8) is 0 Å². The van der Waals surface area contributed by atoms with Crippen molar-refractivity contribution in [1.82, 2.24) is 9.97 Å². The Balaban J connectivity index is 2.10. The van der Waals surface area contributed by atoms with Gasteiger partial charge in [0.15, 0.2) is 0 Å². The molecule has 1 aromatic heterocycles. The molecule has 0 spiro atoms. The van der Waals surface area contributed by atoms with Crippen molar-refractivity contribution in [2.75, 3.05) is 4.72 Å². The zero-order chi connectivity index (χ0) is 15.5. The van der Waals surface area contributed by atoms with Gasteiger partial charge in [0, 0.05) is 18.1 Å². The predicted molar refractivity (Wildman–Crippen MR) is 67.1 cm³/mol. The summed E-state index contributed by atoms with van der Waals surface area (Å²) in [6.07, 6.45) is 4.20. The maximum Gasteiger partial charge on any atom is 0.516 e. The number of aromatic nitrogens is 2. The molecule has 0 saturated carbocycles. The van der Waals surface area contributed by atoms with Crippen molar-refractivity contribution in [2.45, 2.75) is 5.51 Å². The van der Waals surface area contributed by atoms with Crippen LogP contribution in [0.25, 0.3) is 0 Å². The predicted octanol–water partition coefficient (Wildman–Crippen LogP) is 2.53. The van der Waals surface area contributed by atoms with Crippen LogP contribution in [0.2, 0.25) is 0 Å². The molecule has 0 aliphatic rings. The number of anilines is 1. The monoisotopic (exact) mass is 319 g/mol. The topological polar surface area (TPSA) is 81.2 Å². The van der Waals surface area contributed by atoms with E-state index in [0.29, 0.717) is 0 Å². The molecule has 2 aromatic rings. The van der Waals surface area contributed by atoms with Gasteiger partial charge in [0.1, 0.15) is 5.75 Å². The SMILES string of the molecule is O=S(=O)(Nc1ccc(Oc2cnccn2)cc1)C(F)(F)F. The summed E-state index contributed by atoms with van der Waals surface area (Å²) in [5.74, 6) is 0.464. The Kier molecular flexibility index (Phi) is 3.98. The van der Waals surface area contributed by atoms with Crippen LogP contribution in [-0.2, 0) is 10.0 Å². The van der Waals surface area contributed by atoms with E-state index in [4.69, 9.17) is 4.74 Å². The number of hydrogen-bond acceptors (Lipinski definition) is 5. The molecular formula is C11H8F3N3O3S. The summed E-state index contributed by atoms with van der Waals surface area (Å²) in [5, 5.41) is 0. The largest absolute Gasteiger partial charge is 0.516 e. The van der Waals surface area contributed by atoms with E-state index in [2.05, 4.69) is 9.97 Å². The summed E-state index contributed by atoms with van der Waals surface area (Å²) in [5.41, 5.74) is -5.61. The molecule has 0 fully saturated rings. The molecule has 0 saturated heterocycles. The van der Waals surface area contributed by atoms with Crippen molar-refractivity contribution in [3.05, 3.63) is 42.9 Å². The Labute approximate surface area is 117 Å². The number of halogens is 3. The van der Waals surface area contributed by atoms with Gasteiger partial charge in [-0.15, -0.1) is 0 Å². The molecule has 1 heterocycles. The molecule has 0 aliphatic carbocycles. The fraction of sp³-hybridized carbons (Fsp3) is 0.0909. The second-order valence-electron chi connectivity index (χ2n) is 3.72. The zero-order valence-electron chi connectivity index (χ0n) is 10.2. The number of rotatable bonds is 4. The van der Waals surface area contributed by atoms with Gasteiger partial charge in [-0.2, -0.15) is 21.6 Å². The number of alkyl halides is 3. The van der Waals surface area contributed by atoms with Crippen LogP contribution >= 0.6 is 0 Å². The Bertz CT molecular complexity index is 703. The highest BCUT2D eigenvalue weighted by atomic mass is 32.2. The molecule has 0 radical (unpaired) electrons. The van der Waals surface area contributed by atoms with Crippen molar-refractivity contribution in [1.29, 1.82) is 0 Å². The van der Waals surface area contributed by atoms with Crippen molar-refractivity contribution >= 4 is 15.7 Å². The van der Waals surface area contributed by atoms with Gasteiger partial charge in [-0.3, -0.25) is 9.71 Å². The third-order valence-electron chi connectivity index (χ3n) is 2.17. The smallest absolute Gasteiger partial charge is 0.438 e. The highest BCUT2D eigenvalue weighted by molar-refractivity contribution is 7.93. The van der Waals surface area contributed by atoms with Crippen LogP contribution in [0, 0.1) is 0 Å². The normalized spacial score (nSPS) is 12.0. The van der Waals surface area contributed by atoms with E-state index < -0.39 is 15.5 Å². The average Bonchev–Trinajstić information content (AvgIpc) is 2.41. The number of benzene rings is 1. The molecular weight excluding hydrogens is 311 g/mol. The highest BCUT2D eigenvalue weighted by Gasteiger charge is 2.45. The van der Waals surface area contributed by atoms with E-state index in [1.54, 1.807) is 0 Å². The van der Waals surface area contributed by atoms with Gasteiger partial charge >= 0.3 is 15.5 Å². The van der Waals surface area contributed by atoms with Crippen molar-refractivity contribution < 1.29 is 26.3 Å². The van der Waals surface area contributed by atoms with E-state index in [1.165, 1.54) is 35.4 Å². The lowest BCUT2D eigenvalue weighted by Gasteiger charge is -2.11. The minimum Gasteiger partial charge on any atom is -0.438 e. The summed E-state index contributed by atoms with van der Waals surface area (Å²) in [6, 6.07) is 4.86. The Morgan fingerprint density at radius 2 is 1.76 bits per heavy atom. The lowest BCUT2D eigenvalue weighted by Crippen LogP contribution is -2.29. The summed E-state index contributed by atoms with van der Waals surface area (Å²) >= 11 is 0. The van der Waals surface area contributed by atoms with E-state index in [-0.39, 0.29) is 17.3 Å². The van der Waals surface area contributed by atoms with E-state index >= 15 is 0 Å².